The molecule has 2 aromatic carbocycles. The number of methoxy groups -OCH3 is 1. The quantitative estimate of drug-likeness (QED) is 0.113. The van der Waals surface area contributed by atoms with E-state index in [0.717, 1.165) is 29.5 Å². The van der Waals surface area contributed by atoms with E-state index in [2.05, 4.69) is 25.0 Å². The van der Waals surface area contributed by atoms with Gasteiger partial charge in [0.25, 0.3) is 16.8 Å². The highest BCUT2D eigenvalue weighted by Crippen LogP contribution is 2.16. The number of hydrogen-bond acceptors (Lipinski definition) is 11. The molecule has 0 spiro atoms. The van der Waals surface area contributed by atoms with Crippen molar-refractivity contribution >= 4 is 46.6 Å². The second kappa shape index (κ2) is 11.4. The number of aromatic carboxylic acids is 1. The van der Waals surface area contributed by atoms with Crippen LogP contribution in [0.3, 0.4) is 0 Å². The maximum Gasteiger partial charge on any atom is 0.356 e. The second-order valence-corrected chi connectivity index (χ2v) is 7.79. The molecule has 0 aliphatic carbocycles. The second-order valence-electron chi connectivity index (χ2n) is 7.52. The summed E-state index contributed by atoms with van der Waals surface area (Å²) in [6, 6.07) is 5.52. The number of nitrogens with zero attached hydrogens (tertiary/aromatic N) is 3. The number of anilines is 2. The molecule has 0 unspecified atom stereocenters. The fraction of sp³-hybridized carbons (Fsp3) is 0.136. The molecule has 0 bridgehead atoms. The van der Waals surface area contributed by atoms with E-state index in [9.17, 15) is 28.4 Å². The number of nitrogens with one attached hydrogen (secondary N) is 2. The number of carbonyl (C=O) groups is 3. The Morgan fingerprint density at radius 1 is 1.18 bits per heavy atom. The average Bonchev–Trinajstić information content (AvgIpc) is 3.34. The number of esters is 1. The van der Waals surface area contributed by atoms with E-state index in [1.807, 2.05) is 0 Å². The van der Waals surface area contributed by atoms with Crippen LogP contribution in [0.5, 0.6) is 0 Å². The number of hydrogen-bond donors (Lipinski definition) is 5. The third-order valence-corrected chi connectivity index (χ3v) is 5.27. The third kappa shape index (κ3) is 5.58. The van der Waals surface area contributed by atoms with Crippen LogP contribution >= 0.6 is 11.8 Å². The Morgan fingerprint density at radius 3 is 2.47 bits per heavy atom. The summed E-state index contributed by atoms with van der Waals surface area (Å²) >= 11 is 5.38. The third-order valence-electron chi connectivity index (χ3n) is 5.13. The molecule has 0 atom stereocenters. The molecular weight excluding hydrogens is 529 g/mol. The van der Waals surface area contributed by atoms with Crippen molar-refractivity contribution < 1.29 is 28.6 Å². The van der Waals surface area contributed by atoms with Gasteiger partial charge in [0.2, 0.25) is 0 Å². The SMILES string of the molecule is COC(=O)c1cc(C(=O)O)nc2c(C(N)=O)cnn12.Nc1c(NCc2cc(CNCl)ccc2F)c(=O)c1=O. The van der Waals surface area contributed by atoms with Crippen molar-refractivity contribution in [1.29, 1.82) is 0 Å². The van der Waals surface area contributed by atoms with Gasteiger partial charge in [-0.2, -0.15) is 5.10 Å². The minimum atomic E-state index is -1.36. The molecule has 4 aromatic rings. The van der Waals surface area contributed by atoms with Crippen molar-refractivity contribution in [3.63, 3.8) is 0 Å². The van der Waals surface area contributed by atoms with Crippen molar-refractivity contribution in [2.45, 2.75) is 13.1 Å². The van der Waals surface area contributed by atoms with Crippen LogP contribution in [-0.2, 0) is 17.8 Å². The number of aromatic nitrogens is 3. The zero-order chi connectivity index (χ0) is 28.1. The molecule has 0 saturated carbocycles. The van der Waals surface area contributed by atoms with Gasteiger partial charge >= 0.3 is 11.9 Å². The number of carboxylic acid groups (broad SMARTS) is 1. The molecule has 1 amide bonds. The van der Waals surface area contributed by atoms with E-state index in [1.54, 1.807) is 12.1 Å². The van der Waals surface area contributed by atoms with Gasteiger partial charge < -0.3 is 26.6 Å². The maximum atomic E-state index is 13.6. The number of nitrogens with two attached hydrogens (primary N) is 2. The molecule has 198 valence electrons. The van der Waals surface area contributed by atoms with Crippen LogP contribution in [0.2, 0.25) is 0 Å². The molecule has 4 rings (SSSR count). The molecule has 0 aliphatic heterocycles. The van der Waals surface area contributed by atoms with Gasteiger partial charge in [0.05, 0.1) is 13.3 Å². The molecule has 0 radical (unpaired) electrons. The fourth-order valence-corrected chi connectivity index (χ4v) is 3.37. The van der Waals surface area contributed by atoms with Crippen molar-refractivity contribution in [3.8, 4) is 0 Å². The molecule has 14 nitrogen and oxygen atoms in total. The van der Waals surface area contributed by atoms with Gasteiger partial charge in [-0.3, -0.25) is 14.4 Å². The summed E-state index contributed by atoms with van der Waals surface area (Å²) < 4.78 is 19.1. The van der Waals surface area contributed by atoms with E-state index in [-0.39, 0.29) is 34.8 Å². The molecule has 0 fully saturated rings. The van der Waals surface area contributed by atoms with Gasteiger partial charge in [-0.05, 0) is 29.5 Å². The smallest absolute Gasteiger partial charge is 0.356 e. The monoisotopic (exact) mass is 547 g/mol. The van der Waals surface area contributed by atoms with Gasteiger partial charge in [0, 0.05) is 24.7 Å². The first-order valence-electron chi connectivity index (χ1n) is 10.4. The highest BCUT2D eigenvalue weighted by atomic mass is 35.5. The van der Waals surface area contributed by atoms with Crippen LogP contribution < -0.4 is 32.5 Å². The molecule has 0 saturated heterocycles. The summed E-state index contributed by atoms with van der Waals surface area (Å²) in [5, 5.41) is 15.4. The van der Waals surface area contributed by atoms with Gasteiger partial charge in [-0.25, -0.2) is 28.3 Å². The van der Waals surface area contributed by atoms with Crippen molar-refractivity contribution in [1.82, 2.24) is 19.4 Å². The number of amides is 1. The predicted molar refractivity (Wildman–Crippen MR) is 132 cm³/mol. The molecular formula is C22H19ClFN7O7. The van der Waals surface area contributed by atoms with Gasteiger partial charge in [0.1, 0.15) is 22.8 Å². The van der Waals surface area contributed by atoms with E-state index >= 15 is 0 Å². The van der Waals surface area contributed by atoms with Crippen LogP contribution in [0.4, 0.5) is 15.8 Å². The Kier molecular flexibility index (Phi) is 8.34. The molecule has 38 heavy (non-hydrogen) atoms. The number of nitrogen functional groups attached to an aromatic ring is 1. The van der Waals surface area contributed by atoms with Crippen LogP contribution in [0, 0.1) is 5.82 Å². The van der Waals surface area contributed by atoms with Gasteiger partial charge in [-0.15, -0.1) is 0 Å². The minimum absolute atomic E-state index is 0.0465. The normalized spacial score (nSPS) is 10.6. The Bertz CT molecular complexity index is 1630. The number of primary amides is 1. The molecule has 7 N–H and O–H groups in total. The standard InChI is InChI=1S/C12H11ClFN3O2.C10H8N4O5/c13-17-4-6-1-2-8(14)7(3-6)5-16-10-9(15)11(18)12(10)19;1-19-10(18)6-2-5(9(16)17)13-8-4(7(11)15)3-12-14(6)8/h1-3,16-17H,4-5,15H2;2-3H,1H3,(H2,11,15)(H,16,17). The maximum absolute atomic E-state index is 13.6. The summed E-state index contributed by atoms with van der Waals surface area (Å²) in [7, 11) is 1.13. The van der Waals surface area contributed by atoms with Gasteiger partial charge in [-0.1, -0.05) is 6.07 Å². The van der Waals surface area contributed by atoms with Crippen LogP contribution in [0.15, 0.2) is 40.1 Å². The summed E-state index contributed by atoms with van der Waals surface area (Å²) in [5.74, 6) is -3.41. The van der Waals surface area contributed by atoms with Crippen LogP contribution in [-0.4, -0.2) is 44.7 Å². The minimum Gasteiger partial charge on any atom is -0.477 e. The number of carbonyl (C=O) groups excluding carboxylic acids is 2. The summed E-state index contributed by atoms with van der Waals surface area (Å²) in [6.45, 7) is 0.452. The first-order valence-corrected chi connectivity index (χ1v) is 10.8. The Hall–Kier alpha value is -4.89. The number of benzene rings is 1. The van der Waals surface area contributed by atoms with E-state index in [4.69, 9.17) is 28.4 Å². The molecule has 2 aromatic heterocycles. The van der Waals surface area contributed by atoms with Crippen LogP contribution in [0.1, 0.15) is 42.5 Å². The zero-order valence-corrected chi connectivity index (χ0v) is 20.2. The Balaban J connectivity index is 0.000000211. The Labute approximate surface area is 216 Å². The number of halogens is 2. The molecule has 16 heteroatoms. The van der Waals surface area contributed by atoms with Crippen molar-refractivity contribution in [2.24, 2.45) is 5.73 Å². The lowest BCUT2D eigenvalue weighted by Crippen LogP contribution is -2.37. The van der Waals surface area contributed by atoms with E-state index in [0.29, 0.717) is 12.1 Å². The zero-order valence-electron chi connectivity index (χ0n) is 19.4. The number of carboxylic acids is 1. The fourth-order valence-electron chi connectivity index (χ4n) is 3.22. The molecule has 0 aliphatic rings. The number of fused-ring (bicyclic) bond motifs is 1. The lowest BCUT2D eigenvalue weighted by Gasteiger charge is -2.11. The van der Waals surface area contributed by atoms with E-state index < -0.39 is 40.2 Å². The largest absolute Gasteiger partial charge is 0.477 e. The van der Waals surface area contributed by atoms with E-state index in [1.165, 1.54) is 6.07 Å². The average molecular weight is 548 g/mol. The number of ether oxygens (including phenoxy) is 1. The van der Waals surface area contributed by atoms with Gasteiger partial charge in [0.15, 0.2) is 17.0 Å². The Morgan fingerprint density at radius 2 is 1.89 bits per heavy atom. The lowest BCUT2D eigenvalue weighted by atomic mass is 10.1. The highest BCUT2D eigenvalue weighted by molar-refractivity contribution is 6.13. The number of rotatable bonds is 8. The summed E-state index contributed by atoms with van der Waals surface area (Å²) in [5.41, 5.74) is 9.40. The van der Waals surface area contributed by atoms with Crippen LogP contribution in [0.25, 0.3) is 5.65 Å². The van der Waals surface area contributed by atoms with Crippen molar-refractivity contribution in [2.75, 3.05) is 18.2 Å². The lowest BCUT2D eigenvalue weighted by molar-refractivity contribution is 0.0590. The first-order chi connectivity index (χ1) is 18.0. The summed E-state index contributed by atoms with van der Waals surface area (Å²) in [4.78, 5) is 61.9. The highest BCUT2D eigenvalue weighted by Gasteiger charge is 2.21. The molecule has 2 heterocycles. The summed E-state index contributed by atoms with van der Waals surface area (Å²) in [6.07, 6.45) is 1.10. The first kappa shape index (κ1) is 27.7. The topological polar surface area (TPSA) is 221 Å². The van der Waals surface area contributed by atoms with Crippen molar-refractivity contribution in [3.05, 3.63) is 84.8 Å². The predicted octanol–water partition coefficient (Wildman–Crippen LogP) is 0.172.